The highest BCUT2D eigenvalue weighted by molar-refractivity contribution is 6.05. The number of piperidine rings is 2. The van der Waals surface area contributed by atoms with Crippen molar-refractivity contribution in [2.75, 3.05) is 32.1 Å². The van der Waals surface area contributed by atoms with Crippen LogP contribution in [0.15, 0.2) is 59.7 Å². The van der Waals surface area contributed by atoms with Crippen molar-refractivity contribution in [3.63, 3.8) is 0 Å². The quantitative estimate of drug-likeness (QED) is 0.224. The number of likely N-dealkylation sites (tertiary alicyclic amines) is 1. The summed E-state index contributed by atoms with van der Waals surface area (Å²) in [6, 6.07) is 12.7. The Morgan fingerprint density at radius 1 is 1.00 bits per heavy atom. The van der Waals surface area contributed by atoms with Crippen molar-refractivity contribution in [3.05, 3.63) is 76.6 Å². The zero-order valence-electron chi connectivity index (χ0n) is 29.5. The number of ether oxygens (including phenoxy) is 1. The van der Waals surface area contributed by atoms with Crippen molar-refractivity contribution < 1.29 is 19.1 Å². The minimum Gasteiger partial charge on any atom is -0.494 e. The van der Waals surface area contributed by atoms with Crippen molar-refractivity contribution in [3.8, 4) is 5.75 Å². The summed E-state index contributed by atoms with van der Waals surface area (Å²) in [5.74, 6) is 0.441. The first-order chi connectivity index (χ1) is 25.3. The average Bonchev–Trinajstić information content (AvgIpc) is 3.69. The second-order valence-corrected chi connectivity index (χ2v) is 14.4. The zero-order chi connectivity index (χ0) is 35.9. The molecule has 3 aliphatic rings. The van der Waals surface area contributed by atoms with Gasteiger partial charge in [-0.1, -0.05) is 12.1 Å². The molecule has 1 unspecified atom stereocenters. The van der Waals surface area contributed by atoms with Gasteiger partial charge in [0.2, 0.25) is 11.8 Å². The van der Waals surface area contributed by atoms with Crippen molar-refractivity contribution in [1.29, 1.82) is 0 Å². The number of nitrogens with zero attached hydrogens (tertiary/aromatic N) is 7. The normalized spacial score (nSPS) is 21.8. The second kappa shape index (κ2) is 14.0. The van der Waals surface area contributed by atoms with Gasteiger partial charge in [0, 0.05) is 43.9 Å². The molecule has 52 heavy (non-hydrogen) atoms. The third-order valence-corrected chi connectivity index (χ3v) is 11.3. The molecule has 1 aliphatic carbocycles. The highest BCUT2D eigenvalue weighted by Crippen LogP contribution is 2.38. The largest absolute Gasteiger partial charge is 0.494 e. The summed E-state index contributed by atoms with van der Waals surface area (Å²) in [6.07, 6.45) is 10.6. The number of nitrogens with one attached hydrogen (secondary N) is 2. The fourth-order valence-corrected chi connectivity index (χ4v) is 8.55. The van der Waals surface area contributed by atoms with Crippen LogP contribution in [0.5, 0.6) is 5.75 Å². The van der Waals surface area contributed by atoms with Gasteiger partial charge in [0.25, 0.3) is 5.91 Å². The van der Waals surface area contributed by atoms with Crippen molar-refractivity contribution in [1.82, 2.24) is 39.3 Å². The molecule has 0 spiro atoms. The Labute approximate surface area is 300 Å². The fourth-order valence-electron chi connectivity index (χ4n) is 8.55. The number of amides is 3. The summed E-state index contributed by atoms with van der Waals surface area (Å²) in [7, 11) is 3.36. The third kappa shape index (κ3) is 6.35. The molecule has 14 nitrogen and oxygen atoms in total. The lowest BCUT2D eigenvalue weighted by Gasteiger charge is -2.37. The molecule has 5 heterocycles. The van der Waals surface area contributed by atoms with Crippen molar-refractivity contribution >= 4 is 45.3 Å². The minimum absolute atomic E-state index is 0.222. The van der Waals surface area contributed by atoms with E-state index in [1.54, 1.807) is 35.4 Å². The highest BCUT2D eigenvalue weighted by Gasteiger charge is 2.33. The molecule has 2 aromatic carbocycles. The van der Waals surface area contributed by atoms with Gasteiger partial charge in [-0.3, -0.25) is 33.5 Å². The van der Waals surface area contributed by atoms with Crippen LogP contribution in [0.2, 0.25) is 0 Å². The number of anilines is 1. The van der Waals surface area contributed by atoms with Gasteiger partial charge in [-0.2, -0.15) is 10.2 Å². The molecule has 14 heteroatoms. The van der Waals surface area contributed by atoms with Crippen molar-refractivity contribution in [2.45, 2.75) is 69.4 Å². The predicted molar refractivity (Wildman–Crippen MR) is 194 cm³/mol. The Bertz CT molecular complexity index is 2210. The van der Waals surface area contributed by atoms with Crippen LogP contribution in [0.4, 0.5) is 5.69 Å². The SMILES string of the molecule is COc1cc2nn([C@H]3CC[C@H](CN4CCC(c5cccc6c5n(C)c(=O)n6C5CCC(=O)NC5=O)CC4)CC3)cc2cc1NC(=O)c1cccnn1. The van der Waals surface area contributed by atoms with Gasteiger partial charge in [-0.05, 0) is 99.7 Å². The maximum Gasteiger partial charge on any atom is 0.329 e. The van der Waals surface area contributed by atoms with E-state index in [2.05, 4.69) is 42.7 Å². The van der Waals surface area contributed by atoms with Crippen LogP contribution < -0.4 is 21.1 Å². The van der Waals surface area contributed by atoms with E-state index in [-0.39, 0.29) is 29.6 Å². The lowest BCUT2D eigenvalue weighted by Crippen LogP contribution is -2.44. The van der Waals surface area contributed by atoms with Crippen molar-refractivity contribution in [2.24, 2.45) is 13.0 Å². The molecule has 0 radical (unpaired) electrons. The summed E-state index contributed by atoms with van der Waals surface area (Å²) in [4.78, 5) is 53.2. The number of carbonyl (C=O) groups is 3. The smallest absolute Gasteiger partial charge is 0.329 e. The van der Waals surface area contributed by atoms with Gasteiger partial charge in [0.15, 0.2) is 5.69 Å². The Kier molecular flexibility index (Phi) is 9.08. The Hall–Kier alpha value is -5.37. The van der Waals surface area contributed by atoms with Crippen LogP contribution in [0.1, 0.15) is 85.4 Å². The van der Waals surface area contributed by atoms with E-state index in [9.17, 15) is 19.2 Å². The first kappa shape index (κ1) is 33.8. The van der Waals surface area contributed by atoms with E-state index in [4.69, 9.17) is 9.84 Å². The summed E-state index contributed by atoms with van der Waals surface area (Å²) in [6.45, 7) is 3.09. The topological polar surface area (TPSA) is 158 Å². The van der Waals surface area contributed by atoms with E-state index in [0.29, 0.717) is 35.7 Å². The van der Waals surface area contributed by atoms with Gasteiger partial charge in [-0.15, -0.1) is 5.10 Å². The van der Waals surface area contributed by atoms with E-state index < -0.39 is 11.9 Å². The zero-order valence-corrected chi connectivity index (χ0v) is 29.5. The Balaban J connectivity index is 0.880. The number of aryl methyl sites for hydroxylation is 1. The molecule has 2 saturated heterocycles. The molecule has 0 bridgehead atoms. The van der Waals surface area contributed by atoms with Gasteiger partial charge < -0.3 is 15.0 Å². The number of methoxy groups -OCH3 is 1. The van der Waals surface area contributed by atoms with E-state index in [0.717, 1.165) is 85.7 Å². The van der Waals surface area contributed by atoms with Gasteiger partial charge in [0.05, 0.1) is 35.4 Å². The second-order valence-electron chi connectivity index (χ2n) is 14.4. The van der Waals surface area contributed by atoms with E-state index >= 15 is 0 Å². The van der Waals surface area contributed by atoms with Gasteiger partial charge >= 0.3 is 5.69 Å². The first-order valence-corrected chi connectivity index (χ1v) is 18.2. The van der Waals surface area contributed by atoms with Crippen LogP contribution in [-0.4, -0.2) is 78.5 Å². The number of hydrogen-bond acceptors (Lipinski definition) is 9. The molecule has 3 fully saturated rings. The number of imidazole rings is 1. The number of para-hydroxylation sites is 1. The van der Waals surface area contributed by atoms with E-state index in [1.165, 1.54) is 6.20 Å². The lowest BCUT2D eigenvalue weighted by atomic mass is 9.84. The van der Waals surface area contributed by atoms with Gasteiger partial charge in [-0.25, -0.2) is 4.79 Å². The molecule has 270 valence electrons. The Morgan fingerprint density at radius 2 is 1.81 bits per heavy atom. The molecule has 2 N–H and O–H groups in total. The molecule has 8 rings (SSSR count). The van der Waals surface area contributed by atoms with Crippen LogP contribution in [0.25, 0.3) is 21.9 Å². The minimum atomic E-state index is -0.680. The molecule has 1 saturated carbocycles. The summed E-state index contributed by atoms with van der Waals surface area (Å²) >= 11 is 0. The number of hydrogen-bond donors (Lipinski definition) is 2. The molecule has 3 amide bonds. The fraction of sp³-hybridized carbons (Fsp3) is 0.447. The first-order valence-electron chi connectivity index (χ1n) is 18.2. The molecule has 5 aromatic rings. The van der Waals surface area contributed by atoms with Crippen LogP contribution in [-0.2, 0) is 16.6 Å². The van der Waals surface area contributed by atoms with Crippen LogP contribution in [0.3, 0.4) is 0 Å². The molecule has 2 aliphatic heterocycles. The lowest BCUT2D eigenvalue weighted by molar-refractivity contribution is -0.135. The number of imide groups is 1. The van der Waals surface area contributed by atoms with Gasteiger partial charge in [0.1, 0.15) is 11.8 Å². The van der Waals surface area contributed by atoms with Crippen LogP contribution >= 0.6 is 0 Å². The van der Waals surface area contributed by atoms with E-state index in [1.807, 2.05) is 24.3 Å². The standard InChI is InChI=1S/C38H43N9O5/c1-44-35-27(5-3-7-31(35)47(38(44)51)32-12-13-34(48)41-37(32)50)24-14-17-45(18-15-24)21-23-8-10-26(11-9-23)46-22-25-19-30(33(52-2)20-29(25)43-46)40-36(49)28-6-4-16-39-42-28/h3-7,16,19-20,22-24,26,32H,8-15,17-18,21H2,1-2H3,(H,40,49)(H,41,48,50)/t23-,26-,32?. The molecule has 3 aromatic heterocycles. The predicted octanol–water partition coefficient (Wildman–Crippen LogP) is 4.33. The molecule has 1 atom stereocenters. The molecular weight excluding hydrogens is 662 g/mol. The number of rotatable bonds is 8. The molecular formula is C38H43N9O5. The Morgan fingerprint density at radius 3 is 2.54 bits per heavy atom. The maximum absolute atomic E-state index is 13.4. The number of benzene rings is 2. The summed E-state index contributed by atoms with van der Waals surface area (Å²) in [5.41, 5.74) is 4.20. The average molecular weight is 706 g/mol. The summed E-state index contributed by atoms with van der Waals surface area (Å²) in [5, 5.41) is 18.8. The van der Waals surface area contributed by atoms with Crippen LogP contribution in [0, 0.1) is 5.92 Å². The number of aromatic nitrogens is 6. The number of fused-ring (bicyclic) bond motifs is 2. The monoisotopic (exact) mass is 705 g/mol. The third-order valence-electron chi connectivity index (χ3n) is 11.3. The summed E-state index contributed by atoms with van der Waals surface area (Å²) < 4.78 is 10.9. The highest BCUT2D eigenvalue weighted by atomic mass is 16.5. The number of carbonyl (C=O) groups excluding carboxylic acids is 3. The maximum atomic E-state index is 13.4.